The average molecular weight is 439 g/mol. The van der Waals surface area contributed by atoms with Gasteiger partial charge in [-0.1, -0.05) is 0 Å². The molecule has 0 aromatic carbocycles. The first-order valence-electron chi connectivity index (χ1n) is 10.6. The monoisotopic (exact) mass is 438 g/mol. The molecule has 9 heteroatoms. The molecule has 0 bridgehead atoms. The van der Waals surface area contributed by atoms with Crippen molar-refractivity contribution >= 4 is 23.2 Å². The van der Waals surface area contributed by atoms with Crippen LogP contribution in [0.15, 0.2) is 41.6 Å². The highest BCUT2D eigenvalue weighted by molar-refractivity contribution is 7.07. The molecule has 1 saturated carbocycles. The van der Waals surface area contributed by atoms with E-state index >= 15 is 0 Å². The van der Waals surface area contributed by atoms with Crippen molar-refractivity contribution in [2.24, 2.45) is 24.8 Å². The predicted octanol–water partition coefficient (Wildman–Crippen LogP) is 3.58. The SMILES string of the molecule is Cn1cc(-c2ccc(N3C[C@H]4CC(CN(Cc5cscn5)C(=O)O)C[C@H]4C3)nc2)cn1. The highest BCUT2D eigenvalue weighted by atomic mass is 32.1. The van der Waals surface area contributed by atoms with Crippen LogP contribution < -0.4 is 4.90 Å². The Morgan fingerprint density at radius 2 is 2.00 bits per heavy atom. The van der Waals surface area contributed by atoms with Gasteiger partial charge < -0.3 is 14.9 Å². The minimum atomic E-state index is -0.857. The molecule has 4 heterocycles. The Balaban J connectivity index is 1.17. The van der Waals surface area contributed by atoms with E-state index in [9.17, 15) is 9.90 Å². The Morgan fingerprint density at radius 1 is 1.19 bits per heavy atom. The summed E-state index contributed by atoms with van der Waals surface area (Å²) in [6.45, 7) is 2.97. The van der Waals surface area contributed by atoms with E-state index in [-0.39, 0.29) is 0 Å². The molecule has 31 heavy (non-hydrogen) atoms. The fraction of sp³-hybridized carbons (Fsp3) is 0.455. The van der Waals surface area contributed by atoms with Crippen molar-refractivity contribution in [2.75, 3.05) is 24.5 Å². The molecule has 8 nitrogen and oxygen atoms in total. The Kier molecular flexibility index (Phi) is 5.35. The molecule has 0 spiro atoms. The van der Waals surface area contributed by atoms with E-state index in [4.69, 9.17) is 4.98 Å². The third-order valence-electron chi connectivity index (χ3n) is 6.54. The number of hydrogen-bond donors (Lipinski definition) is 1. The van der Waals surface area contributed by atoms with E-state index in [1.54, 1.807) is 10.2 Å². The van der Waals surface area contributed by atoms with Crippen LogP contribution in [0.3, 0.4) is 0 Å². The second-order valence-electron chi connectivity index (χ2n) is 8.71. The fourth-order valence-corrected chi connectivity index (χ4v) is 5.66. The van der Waals surface area contributed by atoms with Gasteiger partial charge in [-0.05, 0) is 42.7 Å². The lowest BCUT2D eigenvalue weighted by Crippen LogP contribution is -2.34. The van der Waals surface area contributed by atoms with Crippen LogP contribution in [0.4, 0.5) is 10.6 Å². The first kappa shape index (κ1) is 20.0. The van der Waals surface area contributed by atoms with Crippen molar-refractivity contribution in [1.82, 2.24) is 24.6 Å². The molecule has 3 aromatic rings. The average Bonchev–Trinajstić information content (AvgIpc) is 3.52. The molecule has 1 amide bonds. The number of carbonyl (C=O) groups is 1. The number of hydrogen-bond acceptors (Lipinski definition) is 6. The van der Waals surface area contributed by atoms with Gasteiger partial charge in [0.15, 0.2) is 0 Å². The van der Waals surface area contributed by atoms with E-state index in [0.717, 1.165) is 48.6 Å². The van der Waals surface area contributed by atoms with Crippen LogP contribution >= 0.6 is 11.3 Å². The van der Waals surface area contributed by atoms with E-state index in [0.29, 0.717) is 30.8 Å². The molecule has 1 aliphatic carbocycles. The summed E-state index contributed by atoms with van der Waals surface area (Å²) in [7, 11) is 1.91. The zero-order chi connectivity index (χ0) is 21.4. The maximum absolute atomic E-state index is 11.7. The van der Waals surface area contributed by atoms with Gasteiger partial charge in [-0.15, -0.1) is 11.3 Å². The molecule has 5 rings (SSSR count). The number of pyridine rings is 1. The number of nitrogens with zero attached hydrogens (tertiary/aromatic N) is 6. The Bertz CT molecular complexity index is 1020. The molecule has 162 valence electrons. The summed E-state index contributed by atoms with van der Waals surface area (Å²) < 4.78 is 1.80. The topological polar surface area (TPSA) is 87.4 Å². The number of aromatic nitrogens is 4. The van der Waals surface area contributed by atoms with E-state index in [1.165, 1.54) is 16.2 Å². The van der Waals surface area contributed by atoms with Crippen molar-refractivity contribution in [3.05, 3.63) is 47.3 Å². The number of thiazole rings is 1. The van der Waals surface area contributed by atoms with Crippen LogP contribution in [0.5, 0.6) is 0 Å². The smallest absolute Gasteiger partial charge is 0.407 e. The van der Waals surface area contributed by atoms with Crippen molar-refractivity contribution in [2.45, 2.75) is 19.4 Å². The first-order valence-corrected chi connectivity index (χ1v) is 11.5. The zero-order valence-corrected chi connectivity index (χ0v) is 18.3. The summed E-state index contributed by atoms with van der Waals surface area (Å²) in [5.41, 5.74) is 4.73. The number of carboxylic acid groups (broad SMARTS) is 1. The molecule has 2 fully saturated rings. The van der Waals surface area contributed by atoms with Crippen molar-refractivity contribution < 1.29 is 9.90 Å². The Hall–Kier alpha value is -2.94. The molecule has 3 aromatic heterocycles. The molecule has 1 N–H and O–H groups in total. The van der Waals surface area contributed by atoms with E-state index in [2.05, 4.69) is 27.1 Å². The third-order valence-corrected chi connectivity index (χ3v) is 7.18. The lowest BCUT2D eigenvalue weighted by molar-refractivity contribution is 0.132. The summed E-state index contributed by atoms with van der Waals surface area (Å²) in [6.07, 6.45) is 7.07. The number of anilines is 1. The van der Waals surface area contributed by atoms with Crippen LogP contribution in [0.1, 0.15) is 18.5 Å². The molecule has 2 aliphatic rings. The maximum atomic E-state index is 11.7. The molecule has 1 unspecified atom stereocenters. The third kappa shape index (κ3) is 4.27. The van der Waals surface area contributed by atoms with Crippen LogP contribution in [0, 0.1) is 17.8 Å². The van der Waals surface area contributed by atoms with Gasteiger partial charge in [0.2, 0.25) is 0 Å². The van der Waals surface area contributed by atoms with Crippen LogP contribution in [-0.4, -0.2) is 55.5 Å². The zero-order valence-electron chi connectivity index (χ0n) is 17.5. The molecule has 1 aliphatic heterocycles. The second kappa shape index (κ2) is 8.30. The Morgan fingerprint density at radius 3 is 2.58 bits per heavy atom. The van der Waals surface area contributed by atoms with Gasteiger partial charge >= 0.3 is 6.09 Å². The van der Waals surface area contributed by atoms with Gasteiger partial charge in [0.1, 0.15) is 5.82 Å². The van der Waals surface area contributed by atoms with Gasteiger partial charge in [-0.2, -0.15) is 5.10 Å². The summed E-state index contributed by atoms with van der Waals surface area (Å²) in [6, 6.07) is 4.21. The van der Waals surface area contributed by atoms with Gasteiger partial charge in [0, 0.05) is 55.6 Å². The van der Waals surface area contributed by atoms with E-state index < -0.39 is 6.09 Å². The lowest BCUT2D eigenvalue weighted by atomic mass is 10.0. The van der Waals surface area contributed by atoms with Gasteiger partial charge in [-0.25, -0.2) is 14.8 Å². The molecular weight excluding hydrogens is 412 g/mol. The van der Waals surface area contributed by atoms with Gasteiger partial charge in [-0.3, -0.25) is 4.68 Å². The standard InChI is InChI=1S/C22H26N6O2S/c1-26-9-19(7-25-26)16-2-3-21(23-6-16)27-10-17-4-15(5-18(17)11-27)8-28(22(29)30)12-20-13-31-14-24-20/h2-3,6-7,9,13-15,17-18H,4-5,8,10-12H2,1H3,(H,29,30)/t15?,17-,18+. The number of aryl methyl sites for hydroxylation is 1. The predicted molar refractivity (Wildman–Crippen MR) is 119 cm³/mol. The maximum Gasteiger partial charge on any atom is 0.407 e. The number of fused-ring (bicyclic) bond motifs is 1. The fourth-order valence-electron chi connectivity index (χ4n) is 5.11. The quantitative estimate of drug-likeness (QED) is 0.633. The largest absolute Gasteiger partial charge is 0.465 e. The lowest BCUT2D eigenvalue weighted by Gasteiger charge is -2.24. The van der Waals surface area contributed by atoms with E-state index in [1.807, 2.05) is 31.0 Å². The second-order valence-corrected chi connectivity index (χ2v) is 9.43. The minimum Gasteiger partial charge on any atom is -0.465 e. The number of rotatable bonds is 6. The molecule has 0 radical (unpaired) electrons. The normalized spacial score (nSPS) is 22.6. The summed E-state index contributed by atoms with van der Waals surface area (Å²) >= 11 is 1.50. The van der Waals surface area contributed by atoms with Crippen molar-refractivity contribution in [3.8, 4) is 11.1 Å². The van der Waals surface area contributed by atoms with Crippen molar-refractivity contribution in [1.29, 1.82) is 0 Å². The Labute approximate surface area is 185 Å². The highest BCUT2D eigenvalue weighted by Gasteiger charge is 2.42. The van der Waals surface area contributed by atoms with Crippen LogP contribution in [0.25, 0.3) is 11.1 Å². The summed E-state index contributed by atoms with van der Waals surface area (Å²) in [4.78, 5) is 24.5. The summed E-state index contributed by atoms with van der Waals surface area (Å²) in [5.74, 6) is 2.67. The molecule has 1 saturated heterocycles. The number of amides is 1. The van der Waals surface area contributed by atoms with Gasteiger partial charge in [0.05, 0.1) is 23.9 Å². The summed E-state index contributed by atoms with van der Waals surface area (Å²) in [5, 5.41) is 15.8. The van der Waals surface area contributed by atoms with Crippen LogP contribution in [-0.2, 0) is 13.6 Å². The first-order chi connectivity index (χ1) is 15.0. The molecule has 3 atom stereocenters. The van der Waals surface area contributed by atoms with Crippen LogP contribution in [0.2, 0.25) is 0 Å². The van der Waals surface area contributed by atoms with Gasteiger partial charge in [0.25, 0.3) is 0 Å². The minimum absolute atomic E-state index is 0.379. The van der Waals surface area contributed by atoms with Crippen molar-refractivity contribution in [3.63, 3.8) is 0 Å². The highest BCUT2D eigenvalue weighted by Crippen LogP contribution is 2.43. The molecular formula is C22H26N6O2S.